The van der Waals surface area contributed by atoms with Gasteiger partial charge in [-0.3, -0.25) is 4.79 Å². The van der Waals surface area contributed by atoms with Crippen molar-refractivity contribution in [2.24, 2.45) is 5.41 Å². The summed E-state index contributed by atoms with van der Waals surface area (Å²) < 4.78 is 4.68. The summed E-state index contributed by atoms with van der Waals surface area (Å²) in [5, 5.41) is 0. The second kappa shape index (κ2) is 3.93. The van der Waals surface area contributed by atoms with Gasteiger partial charge in [0, 0.05) is 0 Å². The Hall–Kier alpha value is -1.31. The lowest BCUT2D eigenvalue weighted by atomic mass is 9.90. The van der Waals surface area contributed by atoms with Crippen LogP contribution in [0.3, 0.4) is 0 Å². The van der Waals surface area contributed by atoms with Crippen molar-refractivity contribution in [3.8, 4) is 0 Å². The minimum Gasteiger partial charge on any atom is -0.469 e. The third-order valence-electron chi connectivity index (χ3n) is 3.18. The molecule has 0 radical (unpaired) electrons. The van der Waals surface area contributed by atoms with Crippen molar-refractivity contribution in [1.82, 2.24) is 0 Å². The standard InChI is InChI=1S/C14H18O2/c1-14(2)8-11-5-4-10(6-12(11)9-14)7-13(15)16-3/h4-6H,7-9H2,1-3H3. The van der Waals surface area contributed by atoms with Crippen LogP contribution in [0.1, 0.15) is 30.5 Å². The number of methoxy groups -OCH3 is 1. The number of benzene rings is 1. The Kier molecular flexibility index (Phi) is 2.75. The van der Waals surface area contributed by atoms with E-state index in [1.165, 1.54) is 18.2 Å². The minimum absolute atomic E-state index is 0.169. The van der Waals surface area contributed by atoms with Crippen LogP contribution in [0.4, 0.5) is 0 Å². The van der Waals surface area contributed by atoms with E-state index in [1.54, 1.807) is 0 Å². The zero-order valence-electron chi connectivity index (χ0n) is 10.2. The van der Waals surface area contributed by atoms with Crippen LogP contribution in [0.25, 0.3) is 0 Å². The molecule has 0 amide bonds. The van der Waals surface area contributed by atoms with E-state index in [9.17, 15) is 4.79 Å². The van der Waals surface area contributed by atoms with Crippen LogP contribution in [0.5, 0.6) is 0 Å². The molecule has 0 bridgehead atoms. The summed E-state index contributed by atoms with van der Waals surface area (Å²) in [5.41, 5.74) is 4.25. The number of carbonyl (C=O) groups is 1. The fraction of sp³-hybridized carbons (Fsp3) is 0.500. The van der Waals surface area contributed by atoms with Gasteiger partial charge in [0.25, 0.3) is 0 Å². The smallest absolute Gasteiger partial charge is 0.309 e. The quantitative estimate of drug-likeness (QED) is 0.713. The van der Waals surface area contributed by atoms with E-state index in [0.29, 0.717) is 11.8 Å². The Morgan fingerprint density at radius 3 is 2.69 bits per heavy atom. The van der Waals surface area contributed by atoms with Crippen molar-refractivity contribution >= 4 is 5.97 Å². The van der Waals surface area contributed by atoms with E-state index in [1.807, 2.05) is 6.07 Å². The van der Waals surface area contributed by atoms with Gasteiger partial charge in [0.05, 0.1) is 13.5 Å². The minimum atomic E-state index is -0.169. The lowest BCUT2D eigenvalue weighted by Gasteiger charge is -2.14. The first-order valence-corrected chi connectivity index (χ1v) is 5.68. The van der Waals surface area contributed by atoms with Crippen LogP contribution in [0, 0.1) is 5.41 Å². The number of rotatable bonds is 2. The molecule has 0 aromatic heterocycles. The highest BCUT2D eigenvalue weighted by Gasteiger charge is 2.28. The monoisotopic (exact) mass is 218 g/mol. The molecule has 0 saturated heterocycles. The third-order valence-corrected chi connectivity index (χ3v) is 3.18. The molecule has 86 valence electrons. The molecule has 0 N–H and O–H groups in total. The summed E-state index contributed by atoms with van der Waals surface area (Å²) in [4.78, 5) is 11.2. The van der Waals surface area contributed by atoms with E-state index >= 15 is 0 Å². The molecule has 16 heavy (non-hydrogen) atoms. The van der Waals surface area contributed by atoms with Crippen LogP contribution in [-0.4, -0.2) is 13.1 Å². The maximum absolute atomic E-state index is 11.2. The van der Waals surface area contributed by atoms with E-state index < -0.39 is 0 Å². The molecule has 2 nitrogen and oxygen atoms in total. The van der Waals surface area contributed by atoms with Crippen LogP contribution in [-0.2, 0) is 28.8 Å². The molecule has 0 fully saturated rings. The average molecular weight is 218 g/mol. The summed E-state index contributed by atoms with van der Waals surface area (Å²) in [5.74, 6) is -0.169. The largest absolute Gasteiger partial charge is 0.469 e. The van der Waals surface area contributed by atoms with Gasteiger partial charge in [-0.2, -0.15) is 0 Å². The van der Waals surface area contributed by atoms with Gasteiger partial charge < -0.3 is 4.74 Å². The molecular weight excluding hydrogens is 200 g/mol. The molecule has 0 unspecified atom stereocenters. The second-order valence-corrected chi connectivity index (χ2v) is 5.37. The molecule has 0 saturated carbocycles. The molecule has 0 spiro atoms. The molecular formula is C14H18O2. The number of ether oxygens (including phenoxy) is 1. The van der Waals surface area contributed by atoms with Gasteiger partial charge in [-0.1, -0.05) is 32.0 Å². The predicted molar refractivity (Wildman–Crippen MR) is 63.4 cm³/mol. The van der Waals surface area contributed by atoms with Gasteiger partial charge >= 0.3 is 5.97 Å². The maximum Gasteiger partial charge on any atom is 0.309 e. The number of carbonyl (C=O) groups excluding carboxylic acids is 1. The summed E-state index contributed by atoms with van der Waals surface area (Å²) in [6.45, 7) is 4.57. The lowest BCUT2D eigenvalue weighted by Crippen LogP contribution is -2.09. The number of hydrogen-bond acceptors (Lipinski definition) is 2. The topological polar surface area (TPSA) is 26.3 Å². The van der Waals surface area contributed by atoms with Crippen molar-refractivity contribution in [1.29, 1.82) is 0 Å². The second-order valence-electron chi connectivity index (χ2n) is 5.37. The van der Waals surface area contributed by atoms with Gasteiger partial charge in [-0.05, 0) is 34.9 Å². The summed E-state index contributed by atoms with van der Waals surface area (Å²) in [7, 11) is 1.43. The molecule has 1 aliphatic rings. The van der Waals surface area contributed by atoms with Gasteiger partial charge in [-0.25, -0.2) is 0 Å². The Labute approximate surface area is 96.6 Å². The van der Waals surface area contributed by atoms with Gasteiger partial charge in [0.15, 0.2) is 0 Å². The van der Waals surface area contributed by atoms with E-state index in [4.69, 9.17) is 0 Å². The Morgan fingerprint density at radius 1 is 1.31 bits per heavy atom. The first kappa shape index (κ1) is 11.2. The zero-order chi connectivity index (χ0) is 11.8. The molecule has 2 rings (SSSR count). The fourth-order valence-corrected chi connectivity index (χ4v) is 2.46. The highest BCUT2D eigenvalue weighted by Crippen LogP contribution is 2.36. The maximum atomic E-state index is 11.2. The molecule has 1 aromatic carbocycles. The predicted octanol–water partition coefficient (Wildman–Crippen LogP) is 2.53. The Balaban J connectivity index is 2.19. The van der Waals surface area contributed by atoms with Gasteiger partial charge in [0.2, 0.25) is 0 Å². The Morgan fingerprint density at radius 2 is 2.00 bits per heavy atom. The summed E-state index contributed by atoms with van der Waals surface area (Å²) in [6, 6.07) is 6.35. The van der Waals surface area contributed by atoms with Crippen LogP contribution in [0.2, 0.25) is 0 Å². The fourth-order valence-electron chi connectivity index (χ4n) is 2.46. The van der Waals surface area contributed by atoms with E-state index in [-0.39, 0.29) is 5.97 Å². The highest BCUT2D eigenvalue weighted by molar-refractivity contribution is 5.72. The van der Waals surface area contributed by atoms with E-state index in [0.717, 1.165) is 18.4 Å². The molecule has 0 atom stereocenters. The van der Waals surface area contributed by atoms with Gasteiger partial charge in [0.1, 0.15) is 0 Å². The third kappa shape index (κ3) is 2.26. The number of esters is 1. The van der Waals surface area contributed by atoms with Crippen LogP contribution in [0.15, 0.2) is 18.2 Å². The average Bonchev–Trinajstić information content (AvgIpc) is 2.51. The SMILES string of the molecule is COC(=O)Cc1ccc2c(c1)CC(C)(C)C2. The first-order valence-electron chi connectivity index (χ1n) is 5.68. The highest BCUT2D eigenvalue weighted by atomic mass is 16.5. The zero-order valence-corrected chi connectivity index (χ0v) is 10.2. The van der Waals surface area contributed by atoms with Crippen LogP contribution < -0.4 is 0 Å². The molecule has 0 heterocycles. The number of hydrogen-bond donors (Lipinski definition) is 0. The van der Waals surface area contributed by atoms with Crippen molar-refractivity contribution < 1.29 is 9.53 Å². The van der Waals surface area contributed by atoms with Crippen LogP contribution >= 0.6 is 0 Å². The van der Waals surface area contributed by atoms with Crippen molar-refractivity contribution in [3.05, 3.63) is 34.9 Å². The van der Waals surface area contributed by atoms with Gasteiger partial charge in [-0.15, -0.1) is 0 Å². The number of fused-ring (bicyclic) bond motifs is 1. The lowest BCUT2D eigenvalue weighted by molar-refractivity contribution is -0.139. The molecule has 0 aliphatic heterocycles. The Bertz CT molecular complexity index is 419. The summed E-state index contributed by atoms with van der Waals surface area (Å²) >= 11 is 0. The molecule has 2 heteroatoms. The summed E-state index contributed by atoms with van der Waals surface area (Å²) in [6.07, 6.45) is 2.63. The van der Waals surface area contributed by atoms with E-state index in [2.05, 4.69) is 30.7 Å². The normalized spacial score (nSPS) is 16.9. The van der Waals surface area contributed by atoms with Crippen molar-refractivity contribution in [3.63, 3.8) is 0 Å². The van der Waals surface area contributed by atoms with Crippen molar-refractivity contribution in [2.75, 3.05) is 7.11 Å². The molecule has 1 aromatic rings. The van der Waals surface area contributed by atoms with Crippen molar-refractivity contribution in [2.45, 2.75) is 33.1 Å². The molecule has 1 aliphatic carbocycles. The first-order chi connectivity index (χ1) is 7.50.